The number of carbonyl (C=O) groups excluding carboxylic acids is 1. The maximum atomic E-state index is 10.7. The fraction of sp³-hybridized carbons (Fsp3) is 0.111. The van der Waals surface area contributed by atoms with Crippen molar-refractivity contribution in [3.8, 4) is 11.8 Å². The maximum Gasteiger partial charge on any atom is 0.308 e. The smallest absolute Gasteiger partial charge is 0.308 e. The van der Waals surface area contributed by atoms with Crippen molar-refractivity contribution in [1.82, 2.24) is 0 Å². The highest BCUT2D eigenvalue weighted by Crippen LogP contribution is 2.23. The van der Waals surface area contributed by atoms with Crippen LogP contribution in [0.4, 0.5) is 0 Å². The van der Waals surface area contributed by atoms with Crippen LogP contribution in [0.3, 0.4) is 0 Å². The molecule has 3 nitrogen and oxygen atoms in total. The van der Waals surface area contributed by atoms with Crippen molar-refractivity contribution in [1.29, 1.82) is 5.26 Å². The zero-order chi connectivity index (χ0) is 10.7. The van der Waals surface area contributed by atoms with Crippen LogP contribution in [-0.4, -0.2) is 13.8 Å². The summed E-state index contributed by atoms with van der Waals surface area (Å²) < 4.78 is 5.35. The molecular weight excluding hydrogens is 245 g/mol. The summed E-state index contributed by atoms with van der Waals surface area (Å²) in [5, 5.41) is 8.63. The zero-order valence-corrected chi connectivity index (χ0v) is 8.96. The summed E-state index contributed by atoms with van der Waals surface area (Å²) in [5.41, 5.74) is 0.663. The van der Waals surface area contributed by atoms with E-state index in [-0.39, 0.29) is 11.2 Å². The summed E-state index contributed by atoms with van der Waals surface area (Å²) >= 11 is 3.16. The number of halogens is 1. The van der Waals surface area contributed by atoms with E-state index in [1.54, 1.807) is 0 Å². The average molecular weight is 250 g/mol. The summed E-state index contributed by atoms with van der Waals surface area (Å²) in [4.78, 5) is 10.7. The molecule has 0 unspecified atom stereocenters. The van der Waals surface area contributed by atoms with Gasteiger partial charge in [0, 0.05) is 6.92 Å². The standard InChI is InChI=1S/C9H5BBrNO2/c1-5(13)14-9-7(10)2-6(4-12)3-8(9)11/h2-3H,1H3. The molecule has 0 saturated carbocycles. The molecule has 14 heavy (non-hydrogen) atoms. The lowest BCUT2D eigenvalue weighted by atomic mass is 9.93. The minimum atomic E-state index is -0.456. The van der Waals surface area contributed by atoms with Gasteiger partial charge in [0.1, 0.15) is 13.6 Å². The maximum absolute atomic E-state index is 10.7. The van der Waals surface area contributed by atoms with Crippen LogP contribution in [0, 0.1) is 11.3 Å². The van der Waals surface area contributed by atoms with Crippen molar-refractivity contribution in [3.63, 3.8) is 0 Å². The Labute approximate surface area is 91.2 Å². The average Bonchev–Trinajstić information content (AvgIpc) is 2.10. The van der Waals surface area contributed by atoms with Crippen molar-refractivity contribution in [2.24, 2.45) is 0 Å². The summed E-state index contributed by atoms with van der Waals surface area (Å²) in [6.07, 6.45) is 0. The van der Waals surface area contributed by atoms with Crippen LogP contribution in [0.2, 0.25) is 0 Å². The molecular formula is C9H5BBrNO2. The van der Waals surface area contributed by atoms with Crippen LogP contribution in [0.25, 0.3) is 0 Å². The Morgan fingerprint density at radius 2 is 2.29 bits per heavy atom. The highest BCUT2D eigenvalue weighted by Gasteiger charge is 2.08. The number of rotatable bonds is 1. The van der Waals surface area contributed by atoms with E-state index < -0.39 is 5.97 Å². The Morgan fingerprint density at radius 3 is 2.71 bits per heavy atom. The van der Waals surface area contributed by atoms with Crippen LogP contribution in [0.5, 0.6) is 5.75 Å². The molecule has 1 aromatic rings. The Morgan fingerprint density at radius 1 is 1.64 bits per heavy atom. The van der Waals surface area contributed by atoms with Crippen LogP contribution < -0.4 is 10.2 Å². The summed E-state index contributed by atoms with van der Waals surface area (Å²) in [6, 6.07) is 4.92. The lowest BCUT2D eigenvalue weighted by molar-refractivity contribution is -0.131. The number of carbonyl (C=O) groups is 1. The second kappa shape index (κ2) is 4.29. The number of esters is 1. The molecule has 2 radical (unpaired) electrons. The van der Waals surface area contributed by atoms with Gasteiger partial charge in [-0.15, -0.1) is 0 Å². The molecule has 0 aliphatic rings. The molecule has 0 heterocycles. The lowest BCUT2D eigenvalue weighted by Gasteiger charge is -2.08. The first-order valence-electron chi connectivity index (χ1n) is 3.72. The molecule has 0 fully saturated rings. The van der Waals surface area contributed by atoms with E-state index in [9.17, 15) is 4.79 Å². The molecule has 0 aliphatic heterocycles. The van der Waals surface area contributed by atoms with E-state index in [4.69, 9.17) is 17.8 Å². The highest BCUT2D eigenvalue weighted by atomic mass is 79.9. The van der Waals surface area contributed by atoms with Crippen molar-refractivity contribution in [2.45, 2.75) is 6.92 Å². The van der Waals surface area contributed by atoms with Crippen molar-refractivity contribution in [3.05, 3.63) is 22.2 Å². The van der Waals surface area contributed by atoms with Crippen LogP contribution in [0.15, 0.2) is 16.6 Å². The van der Waals surface area contributed by atoms with Gasteiger partial charge in [0.05, 0.1) is 16.1 Å². The zero-order valence-electron chi connectivity index (χ0n) is 7.37. The van der Waals surface area contributed by atoms with E-state index in [2.05, 4.69) is 15.9 Å². The monoisotopic (exact) mass is 249 g/mol. The number of nitrogens with zero attached hydrogens (tertiary/aromatic N) is 1. The molecule has 1 rings (SSSR count). The van der Waals surface area contributed by atoms with Gasteiger partial charge in [-0.1, -0.05) is 5.46 Å². The van der Waals surface area contributed by atoms with Crippen molar-refractivity contribution < 1.29 is 9.53 Å². The van der Waals surface area contributed by atoms with Gasteiger partial charge in [0.25, 0.3) is 0 Å². The molecule has 0 saturated heterocycles. The number of nitriles is 1. The third-order valence-electron chi connectivity index (χ3n) is 1.45. The number of hydrogen-bond donors (Lipinski definition) is 0. The normalized spacial score (nSPS) is 9.21. The van der Waals surface area contributed by atoms with E-state index in [0.29, 0.717) is 10.0 Å². The Kier molecular flexibility index (Phi) is 3.31. The second-order valence-electron chi connectivity index (χ2n) is 2.58. The number of hydrogen-bond acceptors (Lipinski definition) is 3. The van der Waals surface area contributed by atoms with Crippen LogP contribution in [0.1, 0.15) is 12.5 Å². The van der Waals surface area contributed by atoms with Crippen molar-refractivity contribution >= 4 is 35.2 Å². The summed E-state index contributed by atoms with van der Waals surface area (Å²) in [7, 11) is 5.59. The van der Waals surface area contributed by atoms with Gasteiger partial charge < -0.3 is 4.74 Å². The Bertz CT molecular complexity index is 402. The molecule has 0 bridgehead atoms. The van der Waals surface area contributed by atoms with E-state index in [1.807, 2.05) is 6.07 Å². The first-order valence-corrected chi connectivity index (χ1v) is 4.51. The summed E-state index contributed by atoms with van der Waals surface area (Å²) in [5.74, 6) is -0.210. The molecule has 0 aromatic heterocycles. The second-order valence-corrected chi connectivity index (χ2v) is 3.44. The summed E-state index contributed by atoms with van der Waals surface area (Å²) in [6.45, 7) is 1.28. The molecule has 0 spiro atoms. The quantitative estimate of drug-likeness (QED) is 0.425. The van der Waals surface area contributed by atoms with Gasteiger partial charge >= 0.3 is 5.97 Å². The van der Waals surface area contributed by atoms with Crippen molar-refractivity contribution in [2.75, 3.05) is 0 Å². The fourth-order valence-electron chi connectivity index (χ4n) is 0.931. The molecule has 0 N–H and O–H groups in total. The van der Waals surface area contributed by atoms with Gasteiger partial charge in [0.15, 0.2) is 0 Å². The Balaban J connectivity index is 3.19. The van der Waals surface area contributed by atoms with Gasteiger partial charge in [-0.3, -0.25) is 4.79 Å². The van der Waals surface area contributed by atoms with Gasteiger partial charge in [-0.05, 0) is 28.1 Å². The van der Waals surface area contributed by atoms with Crippen LogP contribution in [-0.2, 0) is 4.79 Å². The molecule has 1 aromatic carbocycles. The topological polar surface area (TPSA) is 50.1 Å². The predicted molar refractivity (Wildman–Crippen MR) is 55.6 cm³/mol. The molecule has 5 heteroatoms. The number of ether oxygens (including phenoxy) is 1. The highest BCUT2D eigenvalue weighted by molar-refractivity contribution is 9.10. The van der Waals surface area contributed by atoms with E-state index >= 15 is 0 Å². The number of benzene rings is 1. The molecule has 68 valence electrons. The minimum Gasteiger partial charge on any atom is -0.426 e. The lowest BCUT2D eigenvalue weighted by Crippen LogP contribution is -2.13. The third kappa shape index (κ3) is 2.36. The van der Waals surface area contributed by atoms with Gasteiger partial charge in [-0.2, -0.15) is 5.26 Å². The van der Waals surface area contributed by atoms with E-state index in [0.717, 1.165) is 0 Å². The first-order chi connectivity index (χ1) is 6.54. The largest absolute Gasteiger partial charge is 0.426 e. The van der Waals surface area contributed by atoms with E-state index in [1.165, 1.54) is 19.1 Å². The molecule has 0 aliphatic carbocycles. The van der Waals surface area contributed by atoms with Gasteiger partial charge in [0.2, 0.25) is 0 Å². The molecule has 0 atom stereocenters. The Hall–Kier alpha value is -1.28. The van der Waals surface area contributed by atoms with Gasteiger partial charge in [-0.25, -0.2) is 0 Å². The third-order valence-corrected chi connectivity index (χ3v) is 2.04. The predicted octanol–water partition coefficient (Wildman–Crippen LogP) is 1.04. The molecule has 0 amide bonds. The fourth-order valence-corrected chi connectivity index (χ4v) is 1.49. The first kappa shape index (κ1) is 10.8. The SMILES string of the molecule is [B]c1cc(C#N)cc(Br)c1OC(C)=O. The minimum absolute atomic E-state index is 0.247. The van der Waals surface area contributed by atoms with Crippen LogP contribution >= 0.6 is 15.9 Å².